The van der Waals surface area contributed by atoms with Crippen molar-refractivity contribution in [1.82, 2.24) is 10.2 Å². The van der Waals surface area contributed by atoms with Crippen LogP contribution >= 0.6 is 11.8 Å². The molecule has 88 valence electrons. The van der Waals surface area contributed by atoms with Crippen LogP contribution in [0.15, 0.2) is 46.4 Å². The first-order valence-corrected chi connectivity index (χ1v) is 6.14. The lowest BCUT2D eigenvalue weighted by atomic mass is 10.2. The van der Waals surface area contributed by atoms with Crippen molar-refractivity contribution < 1.29 is 0 Å². The van der Waals surface area contributed by atoms with Crippen LogP contribution in [0.3, 0.4) is 0 Å². The zero-order valence-corrected chi connectivity index (χ0v) is 10.8. The average Bonchev–Trinajstić information content (AvgIpc) is 2.77. The first-order valence-electron chi connectivity index (χ1n) is 5.32. The molecule has 0 atom stereocenters. The smallest absolute Gasteiger partial charge is 0.149 e. The number of nitriles is 1. The van der Waals surface area contributed by atoms with Crippen LogP contribution in [0.25, 0.3) is 0 Å². The van der Waals surface area contributed by atoms with E-state index in [1.807, 2.05) is 25.2 Å². The van der Waals surface area contributed by atoms with E-state index in [4.69, 9.17) is 5.26 Å². The molecule has 1 heterocycles. The highest BCUT2D eigenvalue weighted by Gasteiger charge is 2.04. The molecular weight excluding hydrogens is 230 g/mol. The van der Waals surface area contributed by atoms with Gasteiger partial charge < -0.3 is 0 Å². The number of nitrogens with zero attached hydrogens (tertiary/aromatic N) is 2. The SMILES string of the molecule is C=C/C(=C\C=C(/C)Sc1cn[nH]c1C#N)CC. The lowest BCUT2D eigenvalue weighted by Crippen LogP contribution is -1.77. The van der Waals surface area contributed by atoms with Gasteiger partial charge in [-0.05, 0) is 23.8 Å². The third-order valence-corrected chi connectivity index (χ3v) is 3.18. The molecule has 1 aromatic rings. The average molecular weight is 245 g/mol. The van der Waals surface area contributed by atoms with Crippen LogP contribution in [0.5, 0.6) is 0 Å². The van der Waals surface area contributed by atoms with Crippen molar-refractivity contribution in [2.75, 3.05) is 0 Å². The fourth-order valence-corrected chi connectivity index (χ4v) is 1.98. The summed E-state index contributed by atoms with van der Waals surface area (Å²) in [5, 5.41) is 15.3. The van der Waals surface area contributed by atoms with Gasteiger partial charge in [-0.2, -0.15) is 10.4 Å². The Balaban J connectivity index is 2.76. The normalized spacial score (nSPS) is 12.3. The van der Waals surface area contributed by atoms with Gasteiger partial charge in [0.2, 0.25) is 0 Å². The molecule has 0 aliphatic carbocycles. The van der Waals surface area contributed by atoms with Gasteiger partial charge in [0.05, 0.1) is 11.1 Å². The molecule has 4 heteroatoms. The van der Waals surface area contributed by atoms with Crippen molar-refractivity contribution in [2.45, 2.75) is 25.2 Å². The van der Waals surface area contributed by atoms with Gasteiger partial charge in [0.1, 0.15) is 11.8 Å². The summed E-state index contributed by atoms with van der Waals surface area (Å²) in [5.41, 5.74) is 1.70. The van der Waals surface area contributed by atoms with Crippen LogP contribution in [0.2, 0.25) is 0 Å². The van der Waals surface area contributed by atoms with E-state index < -0.39 is 0 Å². The van der Waals surface area contributed by atoms with E-state index in [0.29, 0.717) is 5.69 Å². The number of aromatic amines is 1. The molecule has 0 saturated carbocycles. The molecule has 0 radical (unpaired) electrons. The summed E-state index contributed by atoms with van der Waals surface area (Å²) in [6.07, 6.45) is 8.55. The molecule has 0 amide bonds. The minimum Gasteiger partial charge on any atom is -0.267 e. The number of nitrogens with one attached hydrogen (secondary N) is 1. The Morgan fingerprint density at radius 3 is 3.00 bits per heavy atom. The molecule has 0 saturated heterocycles. The molecule has 0 fully saturated rings. The van der Waals surface area contributed by atoms with Gasteiger partial charge in [0.25, 0.3) is 0 Å². The Labute approximate surface area is 106 Å². The number of aromatic nitrogens is 2. The van der Waals surface area contributed by atoms with Gasteiger partial charge in [0.15, 0.2) is 0 Å². The predicted octanol–water partition coefficient (Wildman–Crippen LogP) is 3.80. The van der Waals surface area contributed by atoms with Crippen molar-refractivity contribution in [3.63, 3.8) is 0 Å². The molecule has 0 aromatic carbocycles. The quantitative estimate of drug-likeness (QED) is 0.634. The van der Waals surface area contributed by atoms with E-state index in [1.165, 1.54) is 17.3 Å². The first kappa shape index (κ1) is 13.3. The second-order valence-corrected chi connectivity index (χ2v) is 4.69. The third-order valence-electron chi connectivity index (χ3n) is 2.19. The van der Waals surface area contributed by atoms with Gasteiger partial charge in [-0.1, -0.05) is 43.5 Å². The lowest BCUT2D eigenvalue weighted by Gasteiger charge is -1.98. The Morgan fingerprint density at radius 1 is 1.65 bits per heavy atom. The summed E-state index contributed by atoms with van der Waals surface area (Å²) >= 11 is 1.53. The van der Waals surface area contributed by atoms with Crippen LogP contribution in [-0.4, -0.2) is 10.2 Å². The molecule has 0 unspecified atom stereocenters. The fraction of sp³-hybridized carbons (Fsp3) is 0.231. The van der Waals surface area contributed by atoms with E-state index in [1.54, 1.807) is 6.20 Å². The van der Waals surface area contributed by atoms with Gasteiger partial charge >= 0.3 is 0 Å². The van der Waals surface area contributed by atoms with E-state index in [-0.39, 0.29) is 0 Å². The second kappa shape index (κ2) is 6.77. The Hall–Kier alpha value is -1.73. The number of rotatable bonds is 5. The molecule has 0 spiro atoms. The minimum absolute atomic E-state index is 0.506. The molecule has 0 aliphatic rings. The van der Waals surface area contributed by atoms with E-state index in [0.717, 1.165) is 16.2 Å². The summed E-state index contributed by atoms with van der Waals surface area (Å²) < 4.78 is 0. The van der Waals surface area contributed by atoms with Crippen molar-refractivity contribution in [1.29, 1.82) is 5.26 Å². The van der Waals surface area contributed by atoms with E-state index in [2.05, 4.69) is 29.8 Å². The monoisotopic (exact) mass is 245 g/mol. The number of thioether (sulfide) groups is 1. The lowest BCUT2D eigenvalue weighted by molar-refractivity contribution is 1.07. The molecule has 1 rings (SSSR count). The van der Waals surface area contributed by atoms with Crippen LogP contribution in [-0.2, 0) is 0 Å². The highest BCUT2D eigenvalue weighted by molar-refractivity contribution is 8.03. The fourth-order valence-electron chi connectivity index (χ4n) is 1.19. The Bertz CT molecular complexity index is 489. The Kier molecular flexibility index (Phi) is 5.31. The molecule has 1 N–H and O–H groups in total. The zero-order chi connectivity index (χ0) is 12.7. The van der Waals surface area contributed by atoms with Crippen LogP contribution in [0.1, 0.15) is 26.0 Å². The van der Waals surface area contributed by atoms with Crippen LogP contribution < -0.4 is 0 Å². The third kappa shape index (κ3) is 3.97. The largest absolute Gasteiger partial charge is 0.267 e. The summed E-state index contributed by atoms with van der Waals surface area (Å²) in [6, 6.07) is 2.07. The number of H-pyrrole nitrogens is 1. The van der Waals surface area contributed by atoms with Crippen LogP contribution in [0.4, 0.5) is 0 Å². The highest BCUT2D eigenvalue weighted by Crippen LogP contribution is 2.27. The maximum Gasteiger partial charge on any atom is 0.149 e. The maximum absolute atomic E-state index is 8.84. The van der Waals surface area contributed by atoms with E-state index >= 15 is 0 Å². The predicted molar refractivity (Wildman–Crippen MR) is 71.5 cm³/mol. The number of hydrogen-bond donors (Lipinski definition) is 1. The van der Waals surface area contributed by atoms with Gasteiger partial charge in [-0.25, -0.2) is 0 Å². The molecule has 0 aliphatic heterocycles. The topological polar surface area (TPSA) is 52.5 Å². The zero-order valence-electron chi connectivity index (χ0n) is 10.0. The van der Waals surface area contributed by atoms with Crippen molar-refractivity contribution in [2.24, 2.45) is 0 Å². The summed E-state index contributed by atoms with van der Waals surface area (Å²) in [6.45, 7) is 7.85. The molecule has 3 nitrogen and oxygen atoms in total. The maximum atomic E-state index is 8.84. The summed E-state index contributed by atoms with van der Waals surface area (Å²) in [7, 11) is 0. The summed E-state index contributed by atoms with van der Waals surface area (Å²) in [5.74, 6) is 0. The minimum atomic E-state index is 0.506. The van der Waals surface area contributed by atoms with E-state index in [9.17, 15) is 0 Å². The second-order valence-electron chi connectivity index (χ2n) is 3.40. The van der Waals surface area contributed by atoms with Gasteiger partial charge in [0, 0.05) is 0 Å². The molecule has 17 heavy (non-hydrogen) atoms. The van der Waals surface area contributed by atoms with Crippen molar-refractivity contribution in [3.8, 4) is 6.07 Å². The molecular formula is C13H15N3S. The van der Waals surface area contributed by atoms with Crippen molar-refractivity contribution in [3.05, 3.63) is 47.2 Å². The van der Waals surface area contributed by atoms with Gasteiger partial charge in [-0.15, -0.1) is 0 Å². The standard InChI is InChI=1S/C13H15N3S/c1-4-11(5-2)7-6-10(3)17-13-9-15-16-12(13)8-14/h4,6-7,9H,1,5H2,2-3H3,(H,15,16)/b10-6+,11-7+. The molecule has 1 aromatic heterocycles. The molecule has 0 bridgehead atoms. The Morgan fingerprint density at radius 2 is 2.41 bits per heavy atom. The number of allylic oxidation sites excluding steroid dienone is 5. The van der Waals surface area contributed by atoms with Crippen LogP contribution in [0, 0.1) is 11.3 Å². The van der Waals surface area contributed by atoms with Crippen molar-refractivity contribution >= 4 is 11.8 Å². The summed E-state index contributed by atoms with van der Waals surface area (Å²) in [4.78, 5) is 1.96. The van der Waals surface area contributed by atoms with Gasteiger partial charge in [-0.3, -0.25) is 5.10 Å². The first-order chi connectivity index (χ1) is 8.21. The highest BCUT2D eigenvalue weighted by atomic mass is 32.2. The number of hydrogen-bond acceptors (Lipinski definition) is 3.